The van der Waals surface area contributed by atoms with Gasteiger partial charge in [0.25, 0.3) is 0 Å². The Bertz CT molecular complexity index is 801. The van der Waals surface area contributed by atoms with Gasteiger partial charge in [0.05, 0.1) is 18.1 Å². The second kappa shape index (κ2) is 4.23. The van der Waals surface area contributed by atoms with Gasteiger partial charge in [-0.25, -0.2) is 4.99 Å². The molecule has 1 aliphatic rings. The van der Waals surface area contributed by atoms with E-state index >= 15 is 0 Å². The van der Waals surface area contributed by atoms with Crippen LogP contribution in [0.5, 0.6) is 0 Å². The highest BCUT2D eigenvalue weighted by Gasteiger charge is 2.25. The van der Waals surface area contributed by atoms with E-state index in [9.17, 15) is 0 Å². The Morgan fingerprint density at radius 1 is 1.00 bits per heavy atom. The van der Waals surface area contributed by atoms with E-state index in [1.807, 2.05) is 12.4 Å². The number of fused-ring (bicyclic) bond motifs is 2. The van der Waals surface area contributed by atoms with Crippen molar-refractivity contribution in [3.8, 4) is 0 Å². The van der Waals surface area contributed by atoms with E-state index in [0.29, 0.717) is 0 Å². The largest absolute Gasteiger partial charge is 0.361 e. The standard InChI is InChI=1S/C17H15N3/c1-20-11-19-16-9-5-3-7-13(16)17(20)14-10-18-15-8-4-2-6-12(14)15/h2-11,17-18H,1H3. The highest BCUT2D eigenvalue weighted by molar-refractivity contribution is 5.85. The van der Waals surface area contributed by atoms with Gasteiger partial charge < -0.3 is 9.88 Å². The van der Waals surface area contributed by atoms with Gasteiger partial charge in [0.15, 0.2) is 0 Å². The number of hydrogen-bond acceptors (Lipinski definition) is 2. The Labute approximate surface area is 117 Å². The summed E-state index contributed by atoms with van der Waals surface area (Å²) in [5.41, 5.74) is 4.78. The number of aromatic amines is 1. The number of H-pyrrole nitrogens is 1. The first-order valence-electron chi connectivity index (χ1n) is 6.75. The summed E-state index contributed by atoms with van der Waals surface area (Å²) in [7, 11) is 2.08. The maximum Gasteiger partial charge on any atom is 0.0917 e. The Morgan fingerprint density at radius 2 is 1.80 bits per heavy atom. The van der Waals surface area contributed by atoms with Crippen LogP contribution in [0.2, 0.25) is 0 Å². The number of rotatable bonds is 1. The van der Waals surface area contributed by atoms with E-state index in [-0.39, 0.29) is 6.04 Å². The van der Waals surface area contributed by atoms with Gasteiger partial charge in [-0.15, -0.1) is 0 Å². The molecule has 0 saturated carbocycles. The highest BCUT2D eigenvalue weighted by Crippen LogP contribution is 2.38. The lowest BCUT2D eigenvalue weighted by Crippen LogP contribution is -2.26. The van der Waals surface area contributed by atoms with Crippen LogP contribution in [0.1, 0.15) is 17.2 Å². The normalized spacial score (nSPS) is 17.4. The molecule has 2 aromatic carbocycles. The van der Waals surface area contributed by atoms with Crippen LogP contribution in [0.4, 0.5) is 5.69 Å². The van der Waals surface area contributed by atoms with Crippen molar-refractivity contribution in [2.24, 2.45) is 4.99 Å². The van der Waals surface area contributed by atoms with Gasteiger partial charge in [-0.05, 0) is 12.1 Å². The fourth-order valence-corrected chi connectivity index (χ4v) is 2.98. The van der Waals surface area contributed by atoms with Crippen molar-refractivity contribution < 1.29 is 0 Å². The number of benzene rings is 2. The number of aromatic nitrogens is 1. The van der Waals surface area contributed by atoms with Crippen LogP contribution in [0.25, 0.3) is 10.9 Å². The van der Waals surface area contributed by atoms with E-state index in [0.717, 1.165) is 5.69 Å². The van der Waals surface area contributed by atoms with E-state index in [1.165, 1.54) is 22.0 Å². The molecule has 3 nitrogen and oxygen atoms in total. The fraction of sp³-hybridized carbons (Fsp3) is 0.118. The second-order valence-corrected chi connectivity index (χ2v) is 5.16. The van der Waals surface area contributed by atoms with Crippen molar-refractivity contribution in [3.63, 3.8) is 0 Å². The quantitative estimate of drug-likeness (QED) is 0.708. The summed E-state index contributed by atoms with van der Waals surface area (Å²) in [6, 6.07) is 17.0. The smallest absolute Gasteiger partial charge is 0.0917 e. The summed E-state index contributed by atoms with van der Waals surface area (Å²) >= 11 is 0. The van der Waals surface area contributed by atoms with Crippen LogP contribution in [0, 0.1) is 0 Å². The molecule has 0 fully saturated rings. The molecule has 3 heteroatoms. The molecule has 0 amide bonds. The molecule has 1 N–H and O–H groups in total. The summed E-state index contributed by atoms with van der Waals surface area (Å²) in [6.07, 6.45) is 4.02. The Morgan fingerprint density at radius 3 is 2.75 bits per heavy atom. The first-order chi connectivity index (χ1) is 9.84. The van der Waals surface area contributed by atoms with Crippen molar-refractivity contribution >= 4 is 22.9 Å². The Hall–Kier alpha value is -2.55. The Balaban J connectivity index is 1.95. The highest BCUT2D eigenvalue weighted by atomic mass is 15.2. The summed E-state index contributed by atoms with van der Waals surface area (Å²) < 4.78 is 0. The lowest BCUT2D eigenvalue weighted by Gasteiger charge is -2.30. The molecule has 1 unspecified atom stereocenters. The van der Waals surface area contributed by atoms with Crippen LogP contribution >= 0.6 is 0 Å². The van der Waals surface area contributed by atoms with Crippen molar-refractivity contribution in [1.82, 2.24) is 9.88 Å². The maximum absolute atomic E-state index is 4.50. The first-order valence-corrected chi connectivity index (χ1v) is 6.75. The minimum Gasteiger partial charge on any atom is -0.361 e. The minimum atomic E-state index is 0.208. The molecule has 0 saturated heterocycles. The monoisotopic (exact) mass is 261 g/mol. The van der Waals surface area contributed by atoms with Crippen LogP contribution in [0.3, 0.4) is 0 Å². The van der Waals surface area contributed by atoms with Gasteiger partial charge in [-0.1, -0.05) is 36.4 Å². The molecule has 98 valence electrons. The third kappa shape index (κ3) is 1.56. The molecule has 4 rings (SSSR count). The molecule has 0 bridgehead atoms. The third-order valence-corrected chi connectivity index (χ3v) is 3.93. The van der Waals surface area contributed by atoms with Gasteiger partial charge in [-0.2, -0.15) is 0 Å². The van der Waals surface area contributed by atoms with Gasteiger partial charge in [-0.3, -0.25) is 0 Å². The second-order valence-electron chi connectivity index (χ2n) is 5.16. The summed E-state index contributed by atoms with van der Waals surface area (Å²) in [6.45, 7) is 0. The van der Waals surface area contributed by atoms with Crippen molar-refractivity contribution in [2.75, 3.05) is 7.05 Å². The van der Waals surface area contributed by atoms with Crippen LogP contribution in [-0.2, 0) is 0 Å². The van der Waals surface area contributed by atoms with Crippen LogP contribution in [-0.4, -0.2) is 23.3 Å². The number of nitrogens with zero attached hydrogens (tertiary/aromatic N) is 2. The zero-order valence-corrected chi connectivity index (χ0v) is 11.2. The molecule has 0 aliphatic carbocycles. The van der Waals surface area contributed by atoms with Gasteiger partial charge in [0.2, 0.25) is 0 Å². The number of nitrogens with one attached hydrogen (secondary N) is 1. The molecule has 3 aromatic rings. The van der Waals surface area contributed by atoms with Crippen molar-refractivity contribution in [3.05, 3.63) is 65.9 Å². The third-order valence-electron chi connectivity index (χ3n) is 3.93. The number of hydrogen-bond donors (Lipinski definition) is 1. The lowest BCUT2D eigenvalue weighted by atomic mass is 9.95. The molecule has 20 heavy (non-hydrogen) atoms. The molecule has 1 aromatic heterocycles. The fourth-order valence-electron chi connectivity index (χ4n) is 2.98. The van der Waals surface area contributed by atoms with Crippen LogP contribution < -0.4 is 0 Å². The van der Waals surface area contributed by atoms with E-state index in [2.05, 4.69) is 70.6 Å². The maximum atomic E-state index is 4.50. The minimum absolute atomic E-state index is 0.208. The van der Waals surface area contributed by atoms with Gasteiger partial charge in [0, 0.05) is 35.3 Å². The van der Waals surface area contributed by atoms with Gasteiger partial charge >= 0.3 is 0 Å². The van der Waals surface area contributed by atoms with Gasteiger partial charge in [0.1, 0.15) is 0 Å². The summed E-state index contributed by atoms with van der Waals surface area (Å²) in [4.78, 5) is 10.0. The molecule has 0 spiro atoms. The SMILES string of the molecule is CN1C=Nc2ccccc2C1c1c[nH]c2ccccc12. The van der Waals surface area contributed by atoms with E-state index < -0.39 is 0 Å². The van der Waals surface area contributed by atoms with E-state index in [4.69, 9.17) is 0 Å². The first kappa shape index (κ1) is 11.3. The number of aliphatic imine (C=N–C) groups is 1. The predicted molar refractivity (Wildman–Crippen MR) is 82.5 cm³/mol. The Kier molecular flexibility index (Phi) is 2.39. The van der Waals surface area contributed by atoms with Crippen LogP contribution in [0.15, 0.2) is 59.7 Å². The molecule has 0 radical (unpaired) electrons. The molecular weight excluding hydrogens is 246 g/mol. The summed E-state index contributed by atoms with van der Waals surface area (Å²) in [5, 5.41) is 1.27. The average molecular weight is 261 g/mol. The van der Waals surface area contributed by atoms with Crippen molar-refractivity contribution in [1.29, 1.82) is 0 Å². The number of para-hydroxylation sites is 2. The topological polar surface area (TPSA) is 31.4 Å². The molecular formula is C17H15N3. The average Bonchev–Trinajstić information content (AvgIpc) is 2.91. The zero-order valence-electron chi connectivity index (χ0n) is 11.2. The molecule has 2 heterocycles. The molecule has 1 aliphatic heterocycles. The zero-order chi connectivity index (χ0) is 13.5. The summed E-state index contributed by atoms with van der Waals surface area (Å²) in [5.74, 6) is 0. The predicted octanol–water partition coefficient (Wildman–Crippen LogP) is 3.86. The van der Waals surface area contributed by atoms with E-state index in [1.54, 1.807) is 0 Å². The lowest BCUT2D eigenvalue weighted by molar-refractivity contribution is 0.436. The van der Waals surface area contributed by atoms with Crippen molar-refractivity contribution in [2.45, 2.75) is 6.04 Å². The molecule has 1 atom stereocenters.